The molecule has 0 N–H and O–H groups in total. The zero-order valence-corrected chi connectivity index (χ0v) is 13.4. The third-order valence-electron chi connectivity index (χ3n) is 4.20. The van der Waals surface area contributed by atoms with Gasteiger partial charge < -0.3 is 8.83 Å². The van der Waals surface area contributed by atoms with E-state index in [2.05, 4.69) is 47.1 Å². The van der Waals surface area contributed by atoms with Gasteiger partial charge in [0.25, 0.3) is 0 Å². The summed E-state index contributed by atoms with van der Waals surface area (Å²) in [4.78, 5) is 0. The number of rotatable bonds is 0. The van der Waals surface area contributed by atoms with E-state index in [1.807, 2.05) is 24.3 Å². The van der Waals surface area contributed by atoms with Gasteiger partial charge in [-0.3, -0.25) is 0 Å². The molecule has 5 rings (SSSR count). The molecule has 0 bridgehead atoms. The molecule has 22 heavy (non-hydrogen) atoms. The summed E-state index contributed by atoms with van der Waals surface area (Å²) in [5.74, 6) is 0. The highest BCUT2D eigenvalue weighted by Crippen LogP contribution is 2.38. The van der Waals surface area contributed by atoms with E-state index >= 15 is 0 Å². The largest absolute Gasteiger partial charge is 0.456 e. The smallest absolute Gasteiger partial charge is 0.149 e. The second-order valence-electron chi connectivity index (χ2n) is 5.66. The van der Waals surface area contributed by atoms with Crippen molar-refractivity contribution in [3.8, 4) is 0 Å². The van der Waals surface area contributed by atoms with Crippen molar-refractivity contribution in [2.45, 2.75) is 6.92 Å². The summed E-state index contributed by atoms with van der Waals surface area (Å²) in [6.07, 6.45) is 0. The molecule has 0 aliphatic rings. The molecule has 0 aliphatic heterocycles. The summed E-state index contributed by atoms with van der Waals surface area (Å²) in [6, 6.07) is 16.6. The lowest BCUT2D eigenvalue weighted by Gasteiger charge is -1.93. The van der Waals surface area contributed by atoms with Crippen LogP contribution in [0.15, 0.2) is 61.8 Å². The van der Waals surface area contributed by atoms with Gasteiger partial charge in [0.1, 0.15) is 22.3 Å². The molecule has 2 aromatic heterocycles. The Morgan fingerprint density at radius 3 is 2.41 bits per heavy atom. The Morgan fingerprint density at radius 2 is 1.50 bits per heavy atom. The van der Waals surface area contributed by atoms with Crippen LogP contribution in [0.3, 0.4) is 0 Å². The minimum absolute atomic E-state index is 0.852. The number of hydrogen-bond acceptors (Lipinski definition) is 2. The fourth-order valence-electron chi connectivity index (χ4n) is 3.15. The topological polar surface area (TPSA) is 26.3 Å². The van der Waals surface area contributed by atoms with E-state index in [9.17, 15) is 0 Å². The lowest BCUT2D eigenvalue weighted by atomic mass is 10.1. The van der Waals surface area contributed by atoms with E-state index < -0.39 is 0 Å². The molecule has 0 atom stereocenters. The molecule has 0 saturated carbocycles. The first-order valence-electron chi connectivity index (χ1n) is 7.14. The van der Waals surface area contributed by atoms with E-state index in [-0.39, 0.29) is 0 Å². The molecule has 0 spiro atoms. The van der Waals surface area contributed by atoms with E-state index in [1.54, 1.807) is 0 Å². The minimum atomic E-state index is 0.852. The van der Waals surface area contributed by atoms with Crippen LogP contribution in [-0.2, 0) is 0 Å². The Kier molecular flexibility index (Phi) is 2.32. The van der Waals surface area contributed by atoms with Crippen molar-refractivity contribution in [3.63, 3.8) is 0 Å². The van der Waals surface area contributed by atoms with Gasteiger partial charge in [0.05, 0.1) is 4.47 Å². The number of para-hydroxylation sites is 1. The van der Waals surface area contributed by atoms with Gasteiger partial charge in [-0.05, 0) is 47.1 Å². The van der Waals surface area contributed by atoms with Crippen molar-refractivity contribution in [2.24, 2.45) is 0 Å². The molecule has 0 amide bonds. The average Bonchev–Trinajstić information content (AvgIpc) is 3.04. The van der Waals surface area contributed by atoms with Gasteiger partial charge in [-0.15, -0.1) is 0 Å². The molecule has 3 aromatic carbocycles. The first kappa shape index (κ1) is 12.3. The Hall–Kier alpha value is -2.26. The Bertz CT molecular complexity index is 1190. The standard InChI is InChI=1S/C19H11BrO2/c1-10-5-6-16-12(7-10)14-8-13-11-3-2-4-15(20)19(11)22-18(13)9-17(14)21-16/h2-9H,1H3. The van der Waals surface area contributed by atoms with Crippen molar-refractivity contribution in [2.75, 3.05) is 0 Å². The molecule has 3 heteroatoms. The Morgan fingerprint density at radius 1 is 0.727 bits per heavy atom. The molecular formula is C19H11BrO2. The summed E-state index contributed by atoms with van der Waals surface area (Å²) in [5.41, 5.74) is 4.74. The maximum atomic E-state index is 6.00. The highest BCUT2D eigenvalue weighted by atomic mass is 79.9. The molecule has 2 nitrogen and oxygen atoms in total. The molecule has 0 unspecified atom stereocenters. The Labute approximate surface area is 134 Å². The summed E-state index contributed by atoms with van der Waals surface area (Å²) in [7, 11) is 0. The zero-order valence-electron chi connectivity index (χ0n) is 11.8. The maximum Gasteiger partial charge on any atom is 0.149 e. The van der Waals surface area contributed by atoms with Crippen LogP contribution in [0, 0.1) is 6.92 Å². The number of furan rings is 2. The van der Waals surface area contributed by atoms with Crippen LogP contribution in [0.2, 0.25) is 0 Å². The molecule has 5 aromatic rings. The Balaban J connectivity index is 2.02. The van der Waals surface area contributed by atoms with Crippen molar-refractivity contribution in [1.82, 2.24) is 0 Å². The van der Waals surface area contributed by atoms with Crippen molar-refractivity contribution in [3.05, 3.63) is 58.6 Å². The number of halogens is 1. The predicted octanol–water partition coefficient (Wildman–Crippen LogP) is 6.56. The van der Waals surface area contributed by atoms with Crippen LogP contribution in [0.25, 0.3) is 43.9 Å². The summed E-state index contributed by atoms with van der Waals surface area (Å²) >= 11 is 3.55. The lowest BCUT2D eigenvalue weighted by Crippen LogP contribution is -1.71. The molecule has 0 fully saturated rings. The second-order valence-corrected chi connectivity index (χ2v) is 6.52. The van der Waals surface area contributed by atoms with Crippen LogP contribution in [0.5, 0.6) is 0 Å². The fourth-order valence-corrected chi connectivity index (χ4v) is 3.59. The van der Waals surface area contributed by atoms with Crippen LogP contribution in [-0.4, -0.2) is 0 Å². The zero-order chi connectivity index (χ0) is 14.8. The van der Waals surface area contributed by atoms with Gasteiger partial charge in [0.15, 0.2) is 0 Å². The molecule has 0 aliphatic carbocycles. The summed E-state index contributed by atoms with van der Waals surface area (Å²) in [5, 5.41) is 4.52. The monoisotopic (exact) mass is 350 g/mol. The molecule has 106 valence electrons. The van der Waals surface area contributed by atoms with E-state index in [0.717, 1.165) is 48.3 Å². The first-order chi connectivity index (χ1) is 10.7. The number of benzene rings is 3. The number of aryl methyl sites for hydroxylation is 1. The molecule has 0 radical (unpaired) electrons. The quantitative estimate of drug-likeness (QED) is 0.316. The normalized spacial score (nSPS) is 12.1. The molecular weight excluding hydrogens is 340 g/mol. The van der Waals surface area contributed by atoms with Crippen molar-refractivity contribution in [1.29, 1.82) is 0 Å². The third kappa shape index (κ3) is 1.54. The van der Waals surface area contributed by atoms with Crippen molar-refractivity contribution >= 4 is 59.8 Å². The van der Waals surface area contributed by atoms with Crippen LogP contribution >= 0.6 is 15.9 Å². The van der Waals surface area contributed by atoms with Gasteiger partial charge in [0, 0.05) is 27.6 Å². The van der Waals surface area contributed by atoms with Gasteiger partial charge in [0.2, 0.25) is 0 Å². The van der Waals surface area contributed by atoms with Gasteiger partial charge in [-0.25, -0.2) is 0 Å². The van der Waals surface area contributed by atoms with E-state index in [4.69, 9.17) is 8.83 Å². The predicted molar refractivity (Wildman–Crippen MR) is 93.4 cm³/mol. The number of fused-ring (bicyclic) bond motifs is 6. The van der Waals surface area contributed by atoms with E-state index in [1.165, 1.54) is 5.56 Å². The summed E-state index contributed by atoms with van der Waals surface area (Å²) < 4.78 is 12.9. The highest BCUT2D eigenvalue weighted by Gasteiger charge is 2.14. The average molecular weight is 351 g/mol. The van der Waals surface area contributed by atoms with Crippen LogP contribution in [0.4, 0.5) is 0 Å². The van der Waals surface area contributed by atoms with E-state index in [0.29, 0.717) is 0 Å². The SMILES string of the molecule is Cc1ccc2oc3cc4oc5c(Br)cccc5c4cc3c2c1. The highest BCUT2D eigenvalue weighted by molar-refractivity contribution is 9.10. The summed E-state index contributed by atoms with van der Waals surface area (Å²) in [6.45, 7) is 2.10. The second kappa shape index (κ2) is 4.14. The molecule has 0 saturated heterocycles. The number of hydrogen-bond donors (Lipinski definition) is 0. The maximum absolute atomic E-state index is 6.00. The lowest BCUT2D eigenvalue weighted by molar-refractivity contribution is 0.655. The van der Waals surface area contributed by atoms with Gasteiger partial charge in [-0.1, -0.05) is 23.8 Å². The molecule has 2 heterocycles. The first-order valence-corrected chi connectivity index (χ1v) is 7.94. The fraction of sp³-hybridized carbons (Fsp3) is 0.0526. The van der Waals surface area contributed by atoms with Crippen LogP contribution < -0.4 is 0 Å². The minimum Gasteiger partial charge on any atom is -0.456 e. The van der Waals surface area contributed by atoms with Gasteiger partial charge >= 0.3 is 0 Å². The third-order valence-corrected chi connectivity index (χ3v) is 4.82. The van der Waals surface area contributed by atoms with Crippen LogP contribution in [0.1, 0.15) is 5.56 Å². The van der Waals surface area contributed by atoms with Gasteiger partial charge in [-0.2, -0.15) is 0 Å². The van der Waals surface area contributed by atoms with Crippen molar-refractivity contribution < 1.29 is 8.83 Å².